The largest absolute Gasteiger partial charge is 0.370 e. The van der Waals surface area contributed by atoms with E-state index in [1.807, 2.05) is 4.90 Å². The van der Waals surface area contributed by atoms with Crippen LogP contribution >= 0.6 is 22.6 Å². The van der Waals surface area contributed by atoms with Gasteiger partial charge in [-0.3, -0.25) is 9.48 Å². The van der Waals surface area contributed by atoms with E-state index < -0.39 is 17.9 Å². The molecule has 1 aromatic heterocycles. The summed E-state index contributed by atoms with van der Waals surface area (Å²) >= 11 is 2.09. The Hall–Kier alpha value is -2.62. The standard InChI is InChI=1S/C23H22F4IN5O/c24-21(25)13-5-9-32(10-6-13)20-16(22(30)34)1-2-17(28)19(20)18-11-15(12-29)33(31-18)14-3-7-23(26,27)8-4-14/h1-2,11,14H,3-10H2,(H2,30,34). The van der Waals surface area contributed by atoms with Gasteiger partial charge in [-0.15, -0.1) is 0 Å². The number of carbonyl (C=O) groups is 1. The summed E-state index contributed by atoms with van der Waals surface area (Å²) in [7, 11) is 0. The second-order valence-corrected chi connectivity index (χ2v) is 9.75. The van der Waals surface area contributed by atoms with E-state index in [2.05, 4.69) is 33.8 Å². The number of carbonyl (C=O) groups excluding carboxylic acids is 1. The van der Waals surface area contributed by atoms with Gasteiger partial charge in [0.2, 0.25) is 5.92 Å². The number of primary amides is 1. The lowest BCUT2D eigenvalue weighted by Crippen LogP contribution is -2.33. The highest BCUT2D eigenvalue weighted by molar-refractivity contribution is 14.1. The molecule has 0 unspecified atom stereocenters. The molecule has 1 saturated heterocycles. The Bertz CT molecular complexity index is 1180. The summed E-state index contributed by atoms with van der Waals surface area (Å²) in [5.41, 5.74) is 7.68. The van der Waals surface area contributed by atoms with Gasteiger partial charge < -0.3 is 10.6 Å². The molecule has 1 aliphatic heterocycles. The van der Waals surface area contributed by atoms with Crippen LogP contribution in [0.15, 0.2) is 29.9 Å². The number of halogens is 5. The number of rotatable bonds is 4. The highest BCUT2D eigenvalue weighted by Gasteiger charge is 2.37. The van der Waals surface area contributed by atoms with Crippen molar-refractivity contribution in [1.29, 1.82) is 5.26 Å². The maximum Gasteiger partial charge on any atom is 0.269 e. The smallest absolute Gasteiger partial charge is 0.269 e. The fourth-order valence-corrected chi connectivity index (χ4v) is 5.39. The summed E-state index contributed by atoms with van der Waals surface area (Å²) in [6.07, 6.45) is -1.51. The molecular weight excluding hydrogens is 565 g/mol. The molecule has 0 bridgehead atoms. The molecule has 0 spiro atoms. The van der Waals surface area contributed by atoms with Crippen LogP contribution in [0.3, 0.4) is 0 Å². The minimum absolute atomic E-state index is 0.0918. The molecule has 2 fully saturated rings. The van der Waals surface area contributed by atoms with Gasteiger partial charge in [-0.2, -0.15) is 19.1 Å². The molecule has 2 N–H and O–H groups in total. The zero-order valence-corrected chi connectivity index (χ0v) is 20.3. The average molecular weight is 587 g/mol. The van der Waals surface area contributed by atoms with Gasteiger partial charge in [-0.25, -0.2) is 8.78 Å². The molecule has 2 aromatic rings. The minimum Gasteiger partial charge on any atom is -0.370 e. The van der Waals surface area contributed by atoms with Crippen molar-refractivity contribution in [3.05, 3.63) is 44.7 Å². The van der Waals surface area contributed by atoms with Crippen molar-refractivity contribution >= 4 is 34.2 Å². The number of benzene rings is 1. The van der Waals surface area contributed by atoms with Crippen molar-refractivity contribution < 1.29 is 22.4 Å². The van der Waals surface area contributed by atoms with E-state index in [4.69, 9.17) is 5.73 Å². The molecule has 1 amide bonds. The number of nitriles is 1. The Morgan fingerprint density at radius 2 is 1.85 bits per heavy atom. The Labute approximate surface area is 207 Å². The lowest BCUT2D eigenvalue weighted by molar-refractivity contribution is -0.0450. The van der Waals surface area contributed by atoms with Gasteiger partial charge in [0, 0.05) is 41.1 Å². The Morgan fingerprint density at radius 1 is 1.21 bits per heavy atom. The number of anilines is 1. The summed E-state index contributed by atoms with van der Waals surface area (Å²) in [4.78, 5) is 14.1. The first-order valence-electron chi connectivity index (χ1n) is 10.9. The lowest BCUT2D eigenvalue weighted by Gasteiger charge is -2.33. The van der Waals surface area contributed by atoms with Crippen molar-refractivity contribution in [1.82, 2.24) is 9.78 Å². The van der Waals surface area contributed by atoms with Crippen LogP contribution in [0.25, 0.3) is 11.3 Å². The van der Waals surface area contributed by atoms with E-state index in [0.29, 0.717) is 16.9 Å². The predicted molar refractivity (Wildman–Crippen MR) is 127 cm³/mol. The third-order valence-corrected chi connectivity index (χ3v) is 7.38. The van der Waals surface area contributed by atoms with Crippen LogP contribution in [0, 0.1) is 14.9 Å². The minimum atomic E-state index is -2.71. The first-order valence-corrected chi connectivity index (χ1v) is 12.0. The fraction of sp³-hybridized carbons (Fsp3) is 0.435. The second kappa shape index (κ2) is 9.56. The Kier molecular flexibility index (Phi) is 6.89. The highest BCUT2D eigenvalue weighted by atomic mass is 127. The fourth-order valence-electron chi connectivity index (χ4n) is 4.67. The van der Waals surface area contributed by atoms with Crippen molar-refractivity contribution in [3.63, 3.8) is 0 Å². The maximum atomic E-state index is 13.7. The van der Waals surface area contributed by atoms with Crippen LogP contribution in [-0.2, 0) is 0 Å². The molecule has 2 aliphatic rings. The van der Waals surface area contributed by atoms with E-state index >= 15 is 0 Å². The average Bonchev–Trinajstić information content (AvgIpc) is 3.22. The number of nitrogens with zero attached hydrogens (tertiary/aromatic N) is 4. The van der Waals surface area contributed by atoms with Crippen LogP contribution in [0.4, 0.5) is 23.2 Å². The monoisotopic (exact) mass is 587 g/mol. The van der Waals surface area contributed by atoms with Crippen LogP contribution in [0.2, 0.25) is 0 Å². The second-order valence-electron chi connectivity index (χ2n) is 8.59. The summed E-state index contributed by atoms with van der Waals surface area (Å²) in [5, 5.41) is 14.3. The number of nitrogens with two attached hydrogens (primary N) is 1. The molecule has 11 heteroatoms. The quantitative estimate of drug-likeness (QED) is 0.372. The Morgan fingerprint density at radius 3 is 2.41 bits per heavy atom. The molecule has 1 aliphatic carbocycles. The number of aromatic nitrogens is 2. The zero-order chi connectivity index (χ0) is 24.6. The number of hydrogen-bond donors (Lipinski definition) is 1. The zero-order valence-electron chi connectivity index (χ0n) is 18.1. The predicted octanol–water partition coefficient (Wildman–Crippen LogP) is 5.63. The van der Waals surface area contributed by atoms with Gasteiger partial charge in [0.1, 0.15) is 11.8 Å². The topological polar surface area (TPSA) is 87.9 Å². The summed E-state index contributed by atoms with van der Waals surface area (Å²) in [6.45, 7) is 0.535. The number of piperidine rings is 1. The number of alkyl halides is 2. The molecule has 1 saturated carbocycles. The molecule has 0 radical (unpaired) electrons. The van der Waals surface area contributed by atoms with E-state index in [0.717, 1.165) is 3.57 Å². The normalized spacial score (nSPS) is 18.6. The Balaban J connectivity index is 1.79. The third-order valence-electron chi connectivity index (χ3n) is 6.48. The summed E-state index contributed by atoms with van der Waals surface area (Å²) < 4.78 is 55.7. The van der Waals surface area contributed by atoms with Gasteiger partial charge in [-0.05, 0) is 66.0 Å². The van der Waals surface area contributed by atoms with Crippen LogP contribution in [0.1, 0.15) is 60.6 Å². The lowest BCUT2D eigenvalue weighted by atomic mass is 9.92. The van der Waals surface area contributed by atoms with Gasteiger partial charge in [0.15, 0.2) is 0 Å². The molecular formula is C23H22F4IN5O. The SMILES string of the molecule is N#Cc1cc(-c2c(I)ccc(C(N)=O)c2N2CCC(=C(F)F)CC2)nn1C1CCC(F)(F)CC1. The van der Waals surface area contributed by atoms with Crippen LogP contribution in [0.5, 0.6) is 0 Å². The van der Waals surface area contributed by atoms with Crippen molar-refractivity contribution in [2.75, 3.05) is 18.0 Å². The maximum absolute atomic E-state index is 13.7. The van der Waals surface area contributed by atoms with E-state index in [1.54, 1.807) is 18.2 Å². The molecule has 34 heavy (non-hydrogen) atoms. The molecule has 6 nitrogen and oxygen atoms in total. The van der Waals surface area contributed by atoms with Gasteiger partial charge in [0.25, 0.3) is 12.0 Å². The molecule has 2 heterocycles. The van der Waals surface area contributed by atoms with Crippen LogP contribution in [-0.4, -0.2) is 34.7 Å². The third kappa shape index (κ3) is 4.78. The first-order chi connectivity index (χ1) is 16.1. The van der Waals surface area contributed by atoms with Crippen molar-refractivity contribution in [3.8, 4) is 17.3 Å². The first kappa shape index (κ1) is 24.5. The summed E-state index contributed by atoms with van der Waals surface area (Å²) in [5.74, 6) is -3.38. The van der Waals surface area contributed by atoms with Crippen molar-refractivity contribution in [2.45, 2.75) is 50.5 Å². The summed E-state index contributed by atoms with van der Waals surface area (Å²) in [6, 6.07) is 6.64. The number of amides is 1. The number of hydrogen-bond acceptors (Lipinski definition) is 4. The molecule has 180 valence electrons. The van der Waals surface area contributed by atoms with Gasteiger partial charge in [0.05, 0.1) is 23.0 Å². The van der Waals surface area contributed by atoms with E-state index in [-0.39, 0.29) is 74.5 Å². The molecule has 1 aromatic carbocycles. The molecule has 0 atom stereocenters. The van der Waals surface area contributed by atoms with Crippen LogP contribution < -0.4 is 10.6 Å². The van der Waals surface area contributed by atoms with Gasteiger partial charge in [-0.1, -0.05) is 0 Å². The van der Waals surface area contributed by atoms with E-state index in [1.165, 1.54) is 4.68 Å². The van der Waals surface area contributed by atoms with E-state index in [9.17, 15) is 27.6 Å². The van der Waals surface area contributed by atoms with Crippen molar-refractivity contribution in [2.24, 2.45) is 5.73 Å². The molecule has 4 rings (SSSR count). The highest BCUT2D eigenvalue weighted by Crippen LogP contribution is 2.42. The van der Waals surface area contributed by atoms with Gasteiger partial charge >= 0.3 is 0 Å².